The summed E-state index contributed by atoms with van der Waals surface area (Å²) >= 11 is 0. The van der Waals surface area contributed by atoms with Gasteiger partial charge in [0.05, 0.1) is 18.4 Å². The Balaban J connectivity index is 2.32. The molecular weight excluding hydrogens is 253 g/mol. The number of carboxylic acids is 1. The number of hydrogen-bond donors (Lipinski definition) is 3. The quantitative estimate of drug-likeness (QED) is 0.709. The van der Waals surface area contributed by atoms with Gasteiger partial charge in [-0.3, -0.25) is 4.79 Å². The number of hydrogen-bond acceptors (Lipinski definition) is 2. The lowest BCUT2D eigenvalue weighted by Gasteiger charge is -2.41. The van der Waals surface area contributed by atoms with E-state index in [1.807, 2.05) is 0 Å². The number of rotatable bonds is 5. The van der Waals surface area contributed by atoms with Crippen molar-refractivity contribution in [3.05, 3.63) is 0 Å². The minimum atomic E-state index is -4.32. The Kier molecular flexibility index (Phi) is 4.42. The van der Waals surface area contributed by atoms with Crippen molar-refractivity contribution in [1.82, 2.24) is 10.6 Å². The Hall–Kier alpha value is -1.47. The SMILES string of the molecule is O=C(O)CC1(NC(=O)NCCC(F)(F)F)CCC1. The molecule has 18 heavy (non-hydrogen) atoms. The second-order valence-electron chi connectivity index (χ2n) is 4.45. The summed E-state index contributed by atoms with van der Waals surface area (Å²) in [5.41, 5.74) is -0.797. The molecule has 0 aliphatic heterocycles. The van der Waals surface area contributed by atoms with E-state index in [1.165, 1.54) is 0 Å². The molecule has 0 bridgehead atoms. The van der Waals surface area contributed by atoms with Gasteiger partial charge >= 0.3 is 18.2 Å². The van der Waals surface area contributed by atoms with Crippen molar-refractivity contribution in [3.63, 3.8) is 0 Å². The standard InChI is InChI=1S/C10H15F3N2O3/c11-10(12,13)4-5-14-8(18)15-9(2-1-3-9)6-7(16)17/h1-6H2,(H,16,17)(H2,14,15,18). The molecular formula is C10H15F3N2O3. The van der Waals surface area contributed by atoms with E-state index in [1.54, 1.807) is 0 Å². The zero-order valence-electron chi connectivity index (χ0n) is 9.64. The van der Waals surface area contributed by atoms with Gasteiger partial charge in [0.1, 0.15) is 0 Å². The molecule has 0 atom stereocenters. The van der Waals surface area contributed by atoms with E-state index < -0.39 is 36.7 Å². The summed E-state index contributed by atoms with van der Waals surface area (Å²) in [7, 11) is 0. The maximum atomic E-state index is 11.8. The molecule has 1 rings (SSSR count). The van der Waals surface area contributed by atoms with Crippen LogP contribution in [-0.4, -0.2) is 35.4 Å². The van der Waals surface area contributed by atoms with E-state index in [2.05, 4.69) is 10.6 Å². The van der Waals surface area contributed by atoms with Crippen molar-refractivity contribution in [2.45, 2.75) is 43.8 Å². The van der Waals surface area contributed by atoms with Crippen LogP contribution in [0.25, 0.3) is 0 Å². The monoisotopic (exact) mass is 268 g/mol. The molecule has 0 aromatic rings. The van der Waals surface area contributed by atoms with Crippen molar-refractivity contribution in [2.24, 2.45) is 0 Å². The third-order valence-corrected chi connectivity index (χ3v) is 2.87. The normalized spacial score (nSPS) is 17.7. The average Bonchev–Trinajstić information content (AvgIpc) is 2.11. The molecule has 1 aliphatic carbocycles. The average molecular weight is 268 g/mol. The van der Waals surface area contributed by atoms with Gasteiger partial charge in [-0.1, -0.05) is 0 Å². The van der Waals surface area contributed by atoms with Crippen LogP contribution < -0.4 is 10.6 Å². The second kappa shape index (κ2) is 5.45. The summed E-state index contributed by atoms with van der Waals surface area (Å²) in [6, 6.07) is -0.750. The highest BCUT2D eigenvalue weighted by Gasteiger charge is 2.40. The van der Waals surface area contributed by atoms with Crippen LogP contribution in [0, 0.1) is 0 Å². The van der Waals surface area contributed by atoms with Crippen molar-refractivity contribution in [2.75, 3.05) is 6.54 Å². The van der Waals surface area contributed by atoms with Gasteiger partial charge in [-0.25, -0.2) is 4.79 Å². The van der Waals surface area contributed by atoms with Gasteiger partial charge in [0, 0.05) is 6.54 Å². The number of amides is 2. The smallest absolute Gasteiger partial charge is 0.390 e. The number of carbonyl (C=O) groups is 2. The lowest BCUT2D eigenvalue weighted by molar-refractivity contribution is -0.139. The molecule has 0 aromatic heterocycles. The first-order valence-corrected chi connectivity index (χ1v) is 5.57. The van der Waals surface area contributed by atoms with E-state index >= 15 is 0 Å². The summed E-state index contributed by atoms with van der Waals surface area (Å²) in [4.78, 5) is 22.0. The van der Waals surface area contributed by atoms with Crippen LogP contribution in [0.3, 0.4) is 0 Å². The summed E-state index contributed by atoms with van der Waals surface area (Å²) in [5.74, 6) is -1.04. The van der Waals surface area contributed by atoms with Crippen LogP contribution in [0.1, 0.15) is 32.1 Å². The third kappa shape index (κ3) is 4.80. The zero-order valence-corrected chi connectivity index (χ0v) is 9.64. The second-order valence-corrected chi connectivity index (χ2v) is 4.45. The Morgan fingerprint density at radius 3 is 2.28 bits per heavy atom. The highest BCUT2D eigenvalue weighted by molar-refractivity contribution is 5.77. The van der Waals surface area contributed by atoms with Gasteiger partial charge in [0.25, 0.3) is 0 Å². The van der Waals surface area contributed by atoms with E-state index in [4.69, 9.17) is 5.11 Å². The number of nitrogens with one attached hydrogen (secondary N) is 2. The summed E-state index contributed by atoms with van der Waals surface area (Å²) < 4.78 is 35.5. The minimum absolute atomic E-state index is 0.209. The molecule has 104 valence electrons. The van der Waals surface area contributed by atoms with Crippen molar-refractivity contribution >= 4 is 12.0 Å². The molecule has 1 aliphatic rings. The van der Waals surface area contributed by atoms with Crippen LogP contribution >= 0.6 is 0 Å². The number of carbonyl (C=O) groups excluding carboxylic acids is 1. The topological polar surface area (TPSA) is 78.4 Å². The van der Waals surface area contributed by atoms with Gasteiger partial charge in [-0.05, 0) is 19.3 Å². The van der Waals surface area contributed by atoms with Crippen LogP contribution in [0.15, 0.2) is 0 Å². The first-order valence-electron chi connectivity index (χ1n) is 5.57. The molecule has 2 amide bonds. The predicted molar refractivity (Wildman–Crippen MR) is 56.0 cm³/mol. The fraction of sp³-hybridized carbons (Fsp3) is 0.800. The maximum absolute atomic E-state index is 11.8. The van der Waals surface area contributed by atoms with Crippen LogP contribution in [0.5, 0.6) is 0 Å². The molecule has 0 radical (unpaired) electrons. The van der Waals surface area contributed by atoms with E-state index in [-0.39, 0.29) is 6.42 Å². The van der Waals surface area contributed by atoms with Gasteiger partial charge in [-0.2, -0.15) is 13.2 Å². The first kappa shape index (κ1) is 14.6. The highest BCUT2D eigenvalue weighted by atomic mass is 19.4. The number of carboxylic acid groups (broad SMARTS) is 1. The maximum Gasteiger partial charge on any atom is 0.390 e. The van der Waals surface area contributed by atoms with E-state index in [0.717, 1.165) is 6.42 Å². The summed E-state index contributed by atoms with van der Waals surface area (Å²) in [6.45, 7) is -0.515. The molecule has 0 aromatic carbocycles. The Bertz CT molecular complexity index is 327. The molecule has 0 spiro atoms. The van der Waals surface area contributed by atoms with Gasteiger partial charge in [0.2, 0.25) is 0 Å². The molecule has 0 heterocycles. The number of alkyl halides is 3. The number of halogens is 3. The lowest BCUT2D eigenvalue weighted by Crippen LogP contribution is -2.57. The Morgan fingerprint density at radius 2 is 1.89 bits per heavy atom. The van der Waals surface area contributed by atoms with Gasteiger partial charge in [-0.15, -0.1) is 0 Å². The van der Waals surface area contributed by atoms with Crippen LogP contribution in [0.2, 0.25) is 0 Å². The van der Waals surface area contributed by atoms with Crippen LogP contribution in [-0.2, 0) is 4.79 Å². The van der Waals surface area contributed by atoms with Crippen LogP contribution in [0.4, 0.5) is 18.0 Å². The highest BCUT2D eigenvalue weighted by Crippen LogP contribution is 2.34. The van der Waals surface area contributed by atoms with Gasteiger partial charge < -0.3 is 15.7 Å². The summed E-state index contributed by atoms with van der Waals surface area (Å²) in [6.07, 6.45) is -3.76. The van der Waals surface area contributed by atoms with E-state index in [0.29, 0.717) is 12.8 Å². The predicted octanol–water partition coefficient (Wildman–Crippen LogP) is 1.64. The molecule has 5 nitrogen and oxygen atoms in total. The molecule has 8 heteroatoms. The fourth-order valence-electron chi connectivity index (χ4n) is 1.84. The molecule has 1 fully saturated rings. The first-order chi connectivity index (χ1) is 8.22. The minimum Gasteiger partial charge on any atom is -0.481 e. The molecule has 0 unspecified atom stereocenters. The van der Waals surface area contributed by atoms with Crippen molar-refractivity contribution in [1.29, 1.82) is 0 Å². The molecule has 3 N–H and O–H groups in total. The largest absolute Gasteiger partial charge is 0.481 e. The zero-order chi connectivity index (χ0) is 13.8. The van der Waals surface area contributed by atoms with Gasteiger partial charge in [0.15, 0.2) is 0 Å². The van der Waals surface area contributed by atoms with E-state index in [9.17, 15) is 22.8 Å². The number of urea groups is 1. The Labute approximate surface area is 102 Å². The molecule has 0 saturated heterocycles. The Morgan fingerprint density at radius 1 is 1.28 bits per heavy atom. The molecule has 1 saturated carbocycles. The number of aliphatic carboxylic acids is 1. The summed E-state index contributed by atoms with van der Waals surface area (Å²) in [5, 5.41) is 13.2. The lowest BCUT2D eigenvalue weighted by atomic mass is 9.74. The van der Waals surface area contributed by atoms with Crippen molar-refractivity contribution in [3.8, 4) is 0 Å². The van der Waals surface area contributed by atoms with Crippen molar-refractivity contribution < 1.29 is 27.9 Å². The third-order valence-electron chi connectivity index (χ3n) is 2.87. The fourth-order valence-corrected chi connectivity index (χ4v) is 1.84.